The Morgan fingerprint density at radius 1 is 0.615 bits per heavy atom. The van der Waals surface area contributed by atoms with Crippen LogP contribution in [0.15, 0.2) is 0 Å². The van der Waals surface area contributed by atoms with E-state index in [0.29, 0.717) is 19.3 Å². The van der Waals surface area contributed by atoms with Gasteiger partial charge in [-0.05, 0) is 25.7 Å². The lowest BCUT2D eigenvalue weighted by Crippen LogP contribution is -2.22. The van der Waals surface area contributed by atoms with Crippen molar-refractivity contribution in [2.45, 2.75) is 134 Å². The maximum Gasteiger partial charge on any atom is 0.267 e. The molecule has 0 amide bonds. The maximum absolute atomic E-state index is 11.6. The fourth-order valence-electron chi connectivity index (χ4n) is 3.45. The number of hydrogen-bond acceptors (Lipinski definition) is 3. The summed E-state index contributed by atoms with van der Waals surface area (Å²) in [6.45, 7) is 4.35. The van der Waals surface area contributed by atoms with Gasteiger partial charge in [-0.2, -0.15) is 8.42 Å². The highest BCUT2D eigenvalue weighted by atomic mass is 32.2. The molecule has 0 aliphatic rings. The molecule has 5 heteroatoms. The zero-order valence-electron chi connectivity index (χ0n) is 17.3. The topological polar surface area (TPSA) is 74.6 Å². The van der Waals surface area contributed by atoms with Crippen molar-refractivity contribution < 1.29 is 18.1 Å². The van der Waals surface area contributed by atoms with Gasteiger partial charge in [-0.1, -0.05) is 97.3 Å². The summed E-state index contributed by atoms with van der Waals surface area (Å²) in [5.41, 5.74) is 0. The molecule has 0 radical (unpaired) electrons. The minimum atomic E-state index is -4.01. The van der Waals surface area contributed by atoms with Gasteiger partial charge in [0.2, 0.25) is 0 Å². The van der Waals surface area contributed by atoms with E-state index >= 15 is 0 Å². The summed E-state index contributed by atoms with van der Waals surface area (Å²) in [4.78, 5) is 0. The van der Waals surface area contributed by atoms with Gasteiger partial charge < -0.3 is 5.11 Å². The number of aliphatic hydroxyl groups excluding tert-OH is 1. The molecule has 2 unspecified atom stereocenters. The highest BCUT2D eigenvalue weighted by Gasteiger charge is 2.23. The smallest absolute Gasteiger partial charge is 0.267 e. The Bertz CT molecular complexity index is 395. The SMILES string of the molecule is CCCCCCCCCCCCC(CCC(O)CCCCC)S(=O)(=O)O. The second kappa shape index (κ2) is 17.0. The molecule has 0 saturated heterocycles. The Hall–Kier alpha value is -0.130. The number of aliphatic hydroxyl groups is 1. The van der Waals surface area contributed by atoms with Crippen LogP contribution in [-0.2, 0) is 10.1 Å². The van der Waals surface area contributed by atoms with Crippen molar-refractivity contribution in [2.75, 3.05) is 0 Å². The molecule has 4 nitrogen and oxygen atoms in total. The summed E-state index contributed by atoms with van der Waals surface area (Å²) in [6, 6.07) is 0. The van der Waals surface area contributed by atoms with Crippen molar-refractivity contribution in [1.29, 1.82) is 0 Å². The van der Waals surface area contributed by atoms with Crippen molar-refractivity contribution in [3.8, 4) is 0 Å². The third kappa shape index (κ3) is 16.1. The van der Waals surface area contributed by atoms with Crippen LogP contribution >= 0.6 is 0 Å². The standard InChI is InChI=1S/C21H44O4S/c1-3-5-7-8-9-10-11-12-13-15-17-21(26(23,24)25)19-18-20(22)16-14-6-4-2/h20-22H,3-19H2,1-2H3,(H,23,24,25). The molecule has 0 aromatic rings. The molecular formula is C21H44O4S. The summed E-state index contributed by atoms with van der Waals surface area (Å²) in [6.07, 6.45) is 16.9. The molecule has 2 atom stereocenters. The molecule has 0 rings (SSSR count). The third-order valence-corrected chi connectivity index (χ3v) is 6.58. The molecule has 0 aliphatic carbocycles. The lowest BCUT2D eigenvalue weighted by molar-refractivity contribution is 0.147. The largest absolute Gasteiger partial charge is 0.393 e. The van der Waals surface area contributed by atoms with E-state index in [1.807, 2.05) is 0 Å². The zero-order valence-corrected chi connectivity index (χ0v) is 18.1. The molecule has 0 aliphatic heterocycles. The molecule has 0 aromatic carbocycles. The Morgan fingerprint density at radius 2 is 1.04 bits per heavy atom. The van der Waals surface area contributed by atoms with Gasteiger partial charge in [-0.25, -0.2) is 0 Å². The lowest BCUT2D eigenvalue weighted by atomic mass is 10.0. The van der Waals surface area contributed by atoms with Gasteiger partial charge in [0.1, 0.15) is 0 Å². The fraction of sp³-hybridized carbons (Fsp3) is 1.00. The Balaban J connectivity index is 3.82. The van der Waals surface area contributed by atoms with Crippen LogP contribution in [0.1, 0.15) is 123 Å². The Morgan fingerprint density at radius 3 is 1.54 bits per heavy atom. The average molecular weight is 393 g/mol. The van der Waals surface area contributed by atoms with Gasteiger partial charge in [0.15, 0.2) is 0 Å². The van der Waals surface area contributed by atoms with E-state index in [1.165, 1.54) is 44.9 Å². The van der Waals surface area contributed by atoms with Crippen LogP contribution in [0.3, 0.4) is 0 Å². The van der Waals surface area contributed by atoms with E-state index in [-0.39, 0.29) is 0 Å². The summed E-state index contributed by atoms with van der Waals surface area (Å²) < 4.78 is 32.6. The molecule has 2 N–H and O–H groups in total. The molecule has 158 valence electrons. The van der Waals surface area contributed by atoms with Crippen LogP contribution in [0, 0.1) is 0 Å². The average Bonchev–Trinajstić information content (AvgIpc) is 2.58. The van der Waals surface area contributed by atoms with Gasteiger partial charge in [-0.15, -0.1) is 0 Å². The second-order valence-corrected chi connectivity index (χ2v) is 9.53. The number of hydrogen-bond donors (Lipinski definition) is 2. The fourth-order valence-corrected chi connectivity index (χ4v) is 4.35. The summed E-state index contributed by atoms with van der Waals surface area (Å²) in [5, 5.41) is 9.25. The molecular weight excluding hydrogens is 348 g/mol. The van der Waals surface area contributed by atoms with Crippen LogP contribution in [0.4, 0.5) is 0 Å². The van der Waals surface area contributed by atoms with Gasteiger partial charge in [0.05, 0.1) is 11.4 Å². The first-order chi connectivity index (χ1) is 12.4. The predicted molar refractivity (Wildman–Crippen MR) is 111 cm³/mol. The quantitative estimate of drug-likeness (QED) is 0.200. The Labute approximate surface area is 162 Å². The van der Waals surface area contributed by atoms with E-state index in [9.17, 15) is 18.1 Å². The molecule has 0 spiro atoms. The van der Waals surface area contributed by atoms with Gasteiger partial charge >= 0.3 is 0 Å². The maximum atomic E-state index is 11.6. The van der Waals surface area contributed by atoms with Crippen molar-refractivity contribution in [3.05, 3.63) is 0 Å². The minimum Gasteiger partial charge on any atom is -0.393 e. The first kappa shape index (κ1) is 25.9. The summed E-state index contributed by atoms with van der Waals surface area (Å²) >= 11 is 0. The van der Waals surface area contributed by atoms with E-state index in [0.717, 1.165) is 44.9 Å². The minimum absolute atomic E-state index is 0.365. The number of rotatable bonds is 19. The van der Waals surface area contributed by atoms with Crippen LogP contribution in [-0.4, -0.2) is 29.4 Å². The molecule has 0 saturated carbocycles. The second-order valence-electron chi connectivity index (χ2n) is 7.83. The van der Waals surface area contributed by atoms with E-state index < -0.39 is 21.5 Å². The van der Waals surface area contributed by atoms with Gasteiger partial charge in [0, 0.05) is 0 Å². The normalized spacial score (nSPS) is 14.5. The zero-order chi connectivity index (χ0) is 19.7. The highest BCUT2D eigenvalue weighted by molar-refractivity contribution is 7.86. The van der Waals surface area contributed by atoms with E-state index in [2.05, 4.69) is 13.8 Å². The lowest BCUT2D eigenvalue weighted by Gasteiger charge is -2.16. The molecule has 0 heterocycles. The summed E-state index contributed by atoms with van der Waals surface area (Å²) in [7, 11) is -4.01. The van der Waals surface area contributed by atoms with Crippen molar-refractivity contribution in [1.82, 2.24) is 0 Å². The molecule has 0 bridgehead atoms. The number of unbranched alkanes of at least 4 members (excludes halogenated alkanes) is 11. The molecule has 0 aromatic heterocycles. The van der Waals surface area contributed by atoms with Gasteiger partial charge in [0.25, 0.3) is 10.1 Å². The van der Waals surface area contributed by atoms with Gasteiger partial charge in [-0.3, -0.25) is 4.55 Å². The van der Waals surface area contributed by atoms with Crippen molar-refractivity contribution >= 4 is 10.1 Å². The predicted octanol–water partition coefficient (Wildman–Crippen LogP) is 6.28. The van der Waals surface area contributed by atoms with E-state index in [1.54, 1.807) is 0 Å². The molecule has 0 fully saturated rings. The summed E-state index contributed by atoms with van der Waals surface area (Å²) in [5.74, 6) is 0. The van der Waals surface area contributed by atoms with Crippen LogP contribution in [0.2, 0.25) is 0 Å². The van der Waals surface area contributed by atoms with Crippen LogP contribution < -0.4 is 0 Å². The first-order valence-corrected chi connectivity index (χ1v) is 12.6. The van der Waals surface area contributed by atoms with Crippen molar-refractivity contribution in [2.24, 2.45) is 0 Å². The highest BCUT2D eigenvalue weighted by Crippen LogP contribution is 2.19. The van der Waals surface area contributed by atoms with Crippen LogP contribution in [0.5, 0.6) is 0 Å². The van der Waals surface area contributed by atoms with Crippen molar-refractivity contribution in [3.63, 3.8) is 0 Å². The van der Waals surface area contributed by atoms with Crippen LogP contribution in [0.25, 0.3) is 0 Å². The Kier molecular flexibility index (Phi) is 16.9. The van der Waals surface area contributed by atoms with E-state index in [4.69, 9.17) is 0 Å². The molecule has 26 heavy (non-hydrogen) atoms. The monoisotopic (exact) mass is 392 g/mol. The third-order valence-electron chi connectivity index (χ3n) is 5.26. The first-order valence-electron chi connectivity index (χ1n) is 11.1.